The summed E-state index contributed by atoms with van der Waals surface area (Å²) in [5.41, 5.74) is 7.10. The maximum atomic E-state index is 15.1. The molecule has 0 fully saturated rings. The molecule has 0 aliphatic carbocycles. The Balaban J connectivity index is 0.842. The Bertz CT molecular complexity index is 5380. The van der Waals surface area contributed by atoms with Crippen LogP contribution in [0.25, 0.3) is 89.0 Å². The van der Waals surface area contributed by atoms with Gasteiger partial charge in [-0.3, -0.25) is 0 Å². The molecule has 0 unspecified atom stereocenters. The van der Waals surface area contributed by atoms with Crippen molar-refractivity contribution in [2.24, 2.45) is 0 Å². The molecular weight excluding hydrogens is 1460 g/mol. The summed E-state index contributed by atoms with van der Waals surface area (Å²) >= 11 is 0. The molecule has 0 aliphatic rings. The van der Waals surface area contributed by atoms with Gasteiger partial charge < -0.3 is 15.1 Å². The molecule has 3 nitrogen and oxygen atoms in total. The van der Waals surface area contributed by atoms with Gasteiger partial charge in [0.15, 0.2) is 0 Å². The van der Waals surface area contributed by atoms with Crippen LogP contribution in [0.3, 0.4) is 0 Å². The van der Waals surface area contributed by atoms with Gasteiger partial charge in [-0.15, -0.1) is 0 Å². The number of nitrogens with one attached hydrogen (secondary N) is 1. The molecule has 0 amide bonds. The minimum Gasteiger partial charge on any atom is -0.355 e. The van der Waals surface area contributed by atoms with Crippen molar-refractivity contribution in [2.75, 3.05) is 15.1 Å². The minimum absolute atomic E-state index is 0.152. The average Bonchev–Trinajstić information content (AvgIpc) is 0.765. The molecule has 14 rings (SSSR count). The van der Waals surface area contributed by atoms with Crippen molar-refractivity contribution in [1.29, 1.82) is 0 Å². The van der Waals surface area contributed by atoms with Crippen molar-refractivity contribution in [3.8, 4) is 89.0 Å². The highest BCUT2D eigenvalue weighted by atomic mass is 19.4. The van der Waals surface area contributed by atoms with Crippen molar-refractivity contribution in [3.05, 3.63) is 361 Å². The summed E-state index contributed by atoms with van der Waals surface area (Å²) < 4.78 is 249. The summed E-state index contributed by atoms with van der Waals surface area (Å²) in [4.78, 5) is 3.73. The van der Waals surface area contributed by atoms with Gasteiger partial charge in [0.25, 0.3) is 0 Å². The van der Waals surface area contributed by atoms with Crippen LogP contribution in [0.5, 0.6) is 0 Å². The van der Waals surface area contributed by atoms with Crippen molar-refractivity contribution in [2.45, 2.75) is 37.1 Å². The van der Waals surface area contributed by atoms with E-state index in [0.717, 1.165) is 72.8 Å². The van der Waals surface area contributed by atoms with E-state index < -0.39 is 70.4 Å². The number of hydrogen-bond acceptors (Lipinski definition) is 3. The summed E-state index contributed by atoms with van der Waals surface area (Å²) in [5.74, 6) is 0. The molecule has 14 aromatic rings. The van der Waals surface area contributed by atoms with Crippen molar-refractivity contribution < 1.29 is 79.0 Å². The summed E-state index contributed by atoms with van der Waals surface area (Å²) in [6.45, 7) is 0. The quantitative estimate of drug-likeness (QED) is 0.0973. The summed E-state index contributed by atoms with van der Waals surface area (Å²) in [7, 11) is 0. The van der Waals surface area contributed by atoms with Crippen LogP contribution in [0.15, 0.2) is 328 Å². The lowest BCUT2D eigenvalue weighted by atomic mass is 9.90. The molecule has 0 saturated carbocycles. The lowest BCUT2D eigenvalue weighted by Crippen LogP contribution is -2.10. The molecule has 21 heteroatoms. The standard InChI is InChI=1S/C90H55F18N3/c91-85(92,93)68-26-1-55(2-27-68)60-11-37-74(38-12-60)109-84-53-67(25-51-82(84)66-23-49-80(50-24-66)111(77-43-17-63(18-44-77)58-7-32-71(33-8-58)88(100,101)102)78-45-19-64(20-46-78)59-9-34-72(35-10-59)89(103,104)105)83-54-73(90(106,107)108)36-52-81(83)65-21-47-79(48-22-65)110(75-39-13-61(14-40-75)56-3-28-69(29-4-56)86(94,95)96)76-41-15-62(16-42-76)57-5-30-70(31-6-57)87(97,98)99/h1-54,109H. The topological polar surface area (TPSA) is 18.5 Å². The molecule has 0 bridgehead atoms. The largest absolute Gasteiger partial charge is 0.416 e. The minimum atomic E-state index is -4.82. The Morgan fingerprint density at radius 3 is 0.595 bits per heavy atom. The maximum absolute atomic E-state index is 15.1. The summed E-state index contributed by atoms with van der Waals surface area (Å²) in [6.07, 6.45) is -27.6. The highest BCUT2D eigenvalue weighted by Crippen LogP contribution is 2.47. The van der Waals surface area contributed by atoms with Crippen molar-refractivity contribution in [3.63, 3.8) is 0 Å². The van der Waals surface area contributed by atoms with Crippen LogP contribution >= 0.6 is 0 Å². The van der Waals surface area contributed by atoms with Crippen molar-refractivity contribution >= 4 is 45.5 Å². The molecule has 14 aromatic carbocycles. The molecule has 0 radical (unpaired) electrons. The summed E-state index contributed by atoms with van der Waals surface area (Å²) in [5, 5.41) is 3.45. The Morgan fingerprint density at radius 2 is 0.351 bits per heavy atom. The first kappa shape index (κ1) is 75.0. The molecule has 0 atom stereocenters. The number of rotatable bonds is 16. The van der Waals surface area contributed by atoms with Gasteiger partial charge in [0.1, 0.15) is 0 Å². The fraction of sp³-hybridized carbons (Fsp3) is 0.0667. The lowest BCUT2D eigenvalue weighted by molar-refractivity contribution is -0.138. The first-order valence-electron chi connectivity index (χ1n) is 34.1. The van der Waals surface area contributed by atoms with E-state index in [2.05, 4.69) is 5.32 Å². The fourth-order valence-electron chi connectivity index (χ4n) is 13.1. The third kappa shape index (κ3) is 16.8. The van der Waals surface area contributed by atoms with E-state index >= 15 is 13.2 Å². The van der Waals surface area contributed by atoms with Gasteiger partial charge in [-0.25, -0.2) is 0 Å². The molecule has 0 saturated heterocycles. The van der Waals surface area contributed by atoms with Crippen molar-refractivity contribution in [1.82, 2.24) is 0 Å². The molecular formula is C90H55F18N3. The SMILES string of the molecule is FC(F)(F)c1ccc(-c2ccc(Nc3cc(-c4cc(C(F)(F)F)ccc4-c4ccc(N(c5ccc(-c6ccc(C(F)(F)F)cc6)cc5)c5ccc(-c6ccc(C(F)(F)F)cc6)cc5)cc4)ccc3-c3ccc(N(c4ccc(-c5ccc(C(F)(F)F)cc5)cc4)c4ccc(-c5ccc(C(F)(F)F)cc5)cc4)cc3)cc2)cc1. The number of nitrogens with zero attached hydrogens (tertiary/aromatic N) is 2. The first-order valence-corrected chi connectivity index (χ1v) is 34.1. The van der Waals surface area contributed by atoms with Crippen LogP contribution < -0.4 is 15.1 Å². The van der Waals surface area contributed by atoms with E-state index in [1.165, 1.54) is 66.7 Å². The number of hydrogen-bond donors (Lipinski definition) is 1. The van der Waals surface area contributed by atoms with E-state index in [0.29, 0.717) is 129 Å². The van der Waals surface area contributed by atoms with E-state index in [9.17, 15) is 65.9 Å². The predicted molar refractivity (Wildman–Crippen MR) is 399 cm³/mol. The lowest BCUT2D eigenvalue weighted by Gasteiger charge is -2.26. The average molecular weight is 1520 g/mol. The molecule has 0 aromatic heterocycles. The first-order chi connectivity index (χ1) is 52.7. The zero-order chi connectivity index (χ0) is 78.4. The number of halogens is 18. The molecule has 0 aliphatic heterocycles. The van der Waals surface area contributed by atoms with Gasteiger partial charge in [0.2, 0.25) is 0 Å². The van der Waals surface area contributed by atoms with E-state index in [1.54, 1.807) is 164 Å². The monoisotopic (exact) mass is 1520 g/mol. The number of anilines is 8. The van der Waals surface area contributed by atoms with Crippen LogP contribution in [0.4, 0.5) is 125 Å². The summed E-state index contributed by atoms with van der Waals surface area (Å²) in [6, 6.07) is 80.7. The van der Waals surface area contributed by atoms with Crippen LogP contribution in [0.2, 0.25) is 0 Å². The van der Waals surface area contributed by atoms with Crippen LogP contribution in [-0.4, -0.2) is 0 Å². The van der Waals surface area contributed by atoms with E-state index in [4.69, 9.17) is 0 Å². The Kier molecular flexibility index (Phi) is 20.0. The second-order valence-electron chi connectivity index (χ2n) is 26.0. The second kappa shape index (κ2) is 29.7. The smallest absolute Gasteiger partial charge is 0.355 e. The Morgan fingerprint density at radius 1 is 0.162 bits per heavy atom. The molecule has 1 N–H and O–H groups in total. The Labute approximate surface area is 623 Å². The third-order valence-corrected chi connectivity index (χ3v) is 18.9. The predicted octanol–water partition coefficient (Wildman–Crippen LogP) is 29.8. The number of alkyl halides is 18. The van der Waals surface area contributed by atoms with E-state index in [-0.39, 0.29) is 5.56 Å². The van der Waals surface area contributed by atoms with Crippen LogP contribution in [-0.2, 0) is 37.1 Å². The van der Waals surface area contributed by atoms with Crippen LogP contribution in [0, 0.1) is 0 Å². The van der Waals surface area contributed by atoms with E-state index in [1.807, 2.05) is 34.1 Å². The molecule has 0 spiro atoms. The maximum Gasteiger partial charge on any atom is 0.416 e. The van der Waals surface area contributed by atoms with Gasteiger partial charge in [-0.2, -0.15) is 79.0 Å². The van der Waals surface area contributed by atoms with Gasteiger partial charge in [-0.1, -0.05) is 164 Å². The molecule has 556 valence electrons. The normalized spacial score (nSPS) is 12.2. The van der Waals surface area contributed by atoms with Gasteiger partial charge in [0, 0.05) is 51.1 Å². The molecule has 0 heterocycles. The fourth-order valence-corrected chi connectivity index (χ4v) is 13.1. The van der Waals surface area contributed by atoms with Crippen LogP contribution in [0.1, 0.15) is 33.4 Å². The highest BCUT2D eigenvalue weighted by Gasteiger charge is 2.35. The molecule has 111 heavy (non-hydrogen) atoms. The zero-order valence-electron chi connectivity index (χ0n) is 57.4. The third-order valence-electron chi connectivity index (χ3n) is 18.9. The van der Waals surface area contributed by atoms with Gasteiger partial charge in [-0.05, 0) is 247 Å². The Hall–Kier alpha value is -12.8. The number of benzene rings is 14. The van der Waals surface area contributed by atoms with Gasteiger partial charge >= 0.3 is 37.1 Å². The zero-order valence-corrected chi connectivity index (χ0v) is 57.4. The van der Waals surface area contributed by atoms with Gasteiger partial charge in [0.05, 0.1) is 33.4 Å². The second-order valence-corrected chi connectivity index (χ2v) is 26.0. The highest BCUT2D eigenvalue weighted by molar-refractivity contribution is 5.92.